The van der Waals surface area contributed by atoms with Crippen LogP contribution in [0, 0.1) is 0 Å². The smallest absolute Gasteiger partial charge is 0.262 e. The van der Waals surface area contributed by atoms with Gasteiger partial charge in [-0.25, -0.2) is 0 Å². The molecule has 0 aliphatic heterocycles. The number of rotatable bonds is 4. The van der Waals surface area contributed by atoms with Gasteiger partial charge in [0.2, 0.25) is 17.5 Å². The summed E-state index contributed by atoms with van der Waals surface area (Å²) in [6.45, 7) is 1.97. The molecule has 0 radical (unpaired) electrons. The Balaban J connectivity index is 1.54. The van der Waals surface area contributed by atoms with Crippen LogP contribution in [0.1, 0.15) is 18.1 Å². The van der Waals surface area contributed by atoms with E-state index in [9.17, 15) is 4.79 Å². The van der Waals surface area contributed by atoms with Gasteiger partial charge >= 0.3 is 0 Å². The van der Waals surface area contributed by atoms with Gasteiger partial charge in [-0.2, -0.15) is 4.98 Å². The van der Waals surface area contributed by atoms with Gasteiger partial charge in [0.05, 0.1) is 16.2 Å². The van der Waals surface area contributed by atoms with Crippen LogP contribution < -0.4 is 5.56 Å². The molecule has 1 atom stereocenters. The fraction of sp³-hybridized carbons (Fsp3) is 0.150. The molecule has 0 amide bonds. The van der Waals surface area contributed by atoms with E-state index in [4.69, 9.17) is 4.52 Å². The highest BCUT2D eigenvalue weighted by Gasteiger charge is 2.21. The van der Waals surface area contributed by atoms with Crippen LogP contribution >= 0.6 is 11.8 Å². The van der Waals surface area contributed by atoms with Gasteiger partial charge in [0, 0.05) is 12.6 Å². The maximum Gasteiger partial charge on any atom is 0.262 e. The summed E-state index contributed by atoms with van der Waals surface area (Å²) in [7, 11) is 1.70. The number of nitrogens with zero attached hydrogens (tertiary/aromatic N) is 6. The molecule has 0 N–H and O–H groups in total. The van der Waals surface area contributed by atoms with Gasteiger partial charge in [0.15, 0.2) is 5.16 Å². The summed E-state index contributed by atoms with van der Waals surface area (Å²) < 4.78 is 8.86. The van der Waals surface area contributed by atoms with Gasteiger partial charge in [0.1, 0.15) is 0 Å². The average Bonchev–Trinajstić information content (AvgIpc) is 3.41. The summed E-state index contributed by atoms with van der Waals surface area (Å²) in [5, 5.41) is 13.7. The molecule has 5 aromatic rings. The lowest BCUT2D eigenvalue weighted by Crippen LogP contribution is -2.20. The third-order valence-electron chi connectivity index (χ3n) is 4.70. The molecule has 3 aromatic heterocycles. The Labute approximate surface area is 169 Å². The molecule has 0 aliphatic carbocycles. The Kier molecular flexibility index (Phi) is 4.17. The molecular weight excluding hydrogens is 388 g/mol. The molecule has 0 spiro atoms. The highest BCUT2D eigenvalue weighted by molar-refractivity contribution is 7.99. The molecule has 2 aromatic carbocycles. The Morgan fingerprint density at radius 3 is 2.62 bits per heavy atom. The summed E-state index contributed by atoms with van der Waals surface area (Å²) in [4.78, 5) is 17.1. The van der Waals surface area contributed by atoms with E-state index in [1.54, 1.807) is 13.1 Å². The molecule has 9 heteroatoms. The number of aromatic nitrogens is 6. The number of hydrogen-bond donors (Lipinski definition) is 0. The third-order valence-corrected chi connectivity index (χ3v) is 5.73. The van der Waals surface area contributed by atoms with Crippen molar-refractivity contribution in [1.82, 2.24) is 29.3 Å². The van der Waals surface area contributed by atoms with E-state index in [2.05, 4.69) is 20.3 Å². The number of para-hydroxylation sites is 1. The number of fused-ring (bicyclic) bond motifs is 3. The highest BCUT2D eigenvalue weighted by Crippen LogP contribution is 2.34. The lowest BCUT2D eigenvalue weighted by molar-refractivity contribution is 0.380. The van der Waals surface area contributed by atoms with Gasteiger partial charge in [-0.05, 0) is 19.1 Å². The first-order valence-corrected chi connectivity index (χ1v) is 9.90. The first-order valence-electron chi connectivity index (χ1n) is 9.02. The van der Waals surface area contributed by atoms with E-state index in [-0.39, 0.29) is 10.8 Å². The van der Waals surface area contributed by atoms with Crippen molar-refractivity contribution in [2.45, 2.75) is 17.3 Å². The van der Waals surface area contributed by atoms with Crippen LogP contribution in [0.3, 0.4) is 0 Å². The van der Waals surface area contributed by atoms with Crippen molar-refractivity contribution >= 4 is 28.4 Å². The molecule has 0 saturated carbocycles. The molecule has 29 heavy (non-hydrogen) atoms. The molecule has 0 saturated heterocycles. The van der Waals surface area contributed by atoms with Crippen LogP contribution in [0.15, 0.2) is 69.1 Å². The van der Waals surface area contributed by atoms with Crippen molar-refractivity contribution < 1.29 is 4.52 Å². The lowest BCUT2D eigenvalue weighted by Gasteiger charge is -2.09. The van der Waals surface area contributed by atoms with Crippen LogP contribution in [0.25, 0.3) is 28.1 Å². The molecule has 0 fully saturated rings. The molecule has 0 aliphatic rings. The lowest BCUT2D eigenvalue weighted by atomic mass is 10.2. The Hall–Kier alpha value is -3.46. The summed E-state index contributed by atoms with van der Waals surface area (Å²) in [6.07, 6.45) is 0. The highest BCUT2D eigenvalue weighted by atomic mass is 32.2. The van der Waals surface area contributed by atoms with E-state index in [1.165, 1.54) is 16.3 Å². The van der Waals surface area contributed by atoms with E-state index in [0.29, 0.717) is 28.0 Å². The second-order valence-corrected chi connectivity index (χ2v) is 7.89. The molecule has 144 valence electrons. The van der Waals surface area contributed by atoms with Gasteiger partial charge in [-0.3, -0.25) is 13.8 Å². The Morgan fingerprint density at radius 2 is 1.79 bits per heavy atom. The quantitative estimate of drug-likeness (QED) is 0.424. The zero-order chi connectivity index (χ0) is 20.0. The summed E-state index contributed by atoms with van der Waals surface area (Å²) >= 11 is 1.45. The van der Waals surface area contributed by atoms with Gasteiger partial charge < -0.3 is 4.52 Å². The second-order valence-electron chi connectivity index (χ2n) is 6.58. The van der Waals surface area contributed by atoms with E-state index >= 15 is 0 Å². The van der Waals surface area contributed by atoms with Crippen LogP contribution in [-0.4, -0.2) is 29.3 Å². The van der Waals surface area contributed by atoms with Crippen LogP contribution in [-0.2, 0) is 7.05 Å². The Bertz CT molecular complexity index is 1390. The molecular formula is C20H16N6O2S. The summed E-state index contributed by atoms with van der Waals surface area (Å²) in [6, 6.07) is 17.1. The summed E-state index contributed by atoms with van der Waals surface area (Å²) in [5.74, 6) is 1.53. The van der Waals surface area contributed by atoms with E-state index < -0.39 is 0 Å². The Morgan fingerprint density at radius 1 is 1.03 bits per heavy atom. The predicted molar refractivity (Wildman–Crippen MR) is 110 cm³/mol. The number of aryl methyl sites for hydroxylation is 1. The second kappa shape index (κ2) is 6.85. The number of hydrogen-bond acceptors (Lipinski definition) is 7. The summed E-state index contributed by atoms with van der Waals surface area (Å²) in [5.41, 5.74) is 1.56. The predicted octanol–water partition coefficient (Wildman–Crippen LogP) is 3.48. The molecule has 5 rings (SSSR count). The van der Waals surface area contributed by atoms with Crippen molar-refractivity contribution in [1.29, 1.82) is 0 Å². The largest absolute Gasteiger partial charge is 0.338 e. The standard InChI is InChI=1S/C20H16N6O2S/c1-12(17-21-16(24-28-17)13-8-4-3-5-9-13)29-20-23-22-19-25(2)18(27)14-10-6-7-11-15(14)26(19)20/h3-12H,1-2H3/t12-/m1/s1. The normalized spacial score (nSPS) is 12.6. The molecule has 8 nitrogen and oxygen atoms in total. The third kappa shape index (κ3) is 2.90. The molecule has 0 unspecified atom stereocenters. The van der Waals surface area contributed by atoms with Crippen molar-refractivity contribution in [3.05, 3.63) is 70.8 Å². The van der Waals surface area contributed by atoms with Gasteiger partial charge in [-0.1, -0.05) is 59.4 Å². The van der Waals surface area contributed by atoms with E-state index in [1.807, 2.05) is 59.9 Å². The minimum absolute atomic E-state index is 0.102. The van der Waals surface area contributed by atoms with Crippen LogP contribution in [0.4, 0.5) is 0 Å². The van der Waals surface area contributed by atoms with Crippen molar-refractivity contribution in [2.24, 2.45) is 7.05 Å². The number of benzene rings is 2. The van der Waals surface area contributed by atoms with Crippen molar-refractivity contribution in [3.8, 4) is 11.4 Å². The first kappa shape index (κ1) is 17.6. The fourth-order valence-electron chi connectivity index (χ4n) is 3.20. The van der Waals surface area contributed by atoms with E-state index in [0.717, 1.165) is 11.1 Å². The zero-order valence-electron chi connectivity index (χ0n) is 15.7. The minimum atomic E-state index is -0.150. The molecule has 0 bridgehead atoms. The SMILES string of the molecule is C[C@@H](Sc1nnc2n(C)c(=O)c3ccccc3n12)c1nc(-c2ccccc2)no1. The van der Waals surface area contributed by atoms with Crippen LogP contribution in [0.2, 0.25) is 0 Å². The average molecular weight is 404 g/mol. The number of thioether (sulfide) groups is 1. The van der Waals surface area contributed by atoms with Crippen molar-refractivity contribution in [3.63, 3.8) is 0 Å². The van der Waals surface area contributed by atoms with Gasteiger partial charge in [-0.15, -0.1) is 10.2 Å². The maximum absolute atomic E-state index is 12.6. The zero-order valence-corrected chi connectivity index (χ0v) is 16.5. The minimum Gasteiger partial charge on any atom is -0.338 e. The monoisotopic (exact) mass is 404 g/mol. The first-order chi connectivity index (χ1) is 14.1. The fourth-order valence-corrected chi connectivity index (χ4v) is 4.09. The molecule has 3 heterocycles. The van der Waals surface area contributed by atoms with Crippen LogP contribution in [0.5, 0.6) is 0 Å². The van der Waals surface area contributed by atoms with Gasteiger partial charge in [0.25, 0.3) is 5.56 Å². The maximum atomic E-state index is 12.6. The topological polar surface area (TPSA) is 91.1 Å². The van der Waals surface area contributed by atoms with Crippen molar-refractivity contribution in [2.75, 3.05) is 0 Å².